The third kappa shape index (κ3) is 3.74. The summed E-state index contributed by atoms with van der Waals surface area (Å²) in [4.78, 5) is 24.8. The molecule has 2 aromatic heterocycles. The Balaban J connectivity index is 1.90. The summed E-state index contributed by atoms with van der Waals surface area (Å²) in [6.45, 7) is 0. The number of carbonyl (C=O) groups excluding carboxylic acids is 1. The van der Waals surface area contributed by atoms with E-state index in [1.807, 2.05) is 0 Å². The Labute approximate surface area is 193 Å². The Bertz CT molecular complexity index is 1320. The molecule has 32 heavy (non-hydrogen) atoms. The summed E-state index contributed by atoms with van der Waals surface area (Å²) >= 11 is 13.2. The number of fused-ring (bicyclic) bond motifs is 1. The van der Waals surface area contributed by atoms with Gasteiger partial charge in [-0.3, -0.25) is 4.79 Å². The van der Waals surface area contributed by atoms with Crippen LogP contribution in [0.25, 0.3) is 22.0 Å². The number of primary amides is 1. The topological polar surface area (TPSA) is 112 Å². The summed E-state index contributed by atoms with van der Waals surface area (Å²) in [6, 6.07) is 10.3. The quantitative estimate of drug-likeness (QED) is 0.414. The van der Waals surface area contributed by atoms with Gasteiger partial charge in [0.1, 0.15) is 29.5 Å². The van der Waals surface area contributed by atoms with Gasteiger partial charge in [-0.2, -0.15) is 0 Å². The summed E-state index contributed by atoms with van der Waals surface area (Å²) in [6.07, 6.45) is 2.96. The molecule has 8 nitrogen and oxygen atoms in total. The standard InChI is InChI=1S/C22H17Cl2N5O3/c1-31-14-9-15(32-2)18(24)16(17(14)23)11-7-4-8-26-21(11)29-22-13-6-3-5-12(20(25)30)19(13)27-10-28-22/h3-10H,1-2H3,(H2,25,30)(H,26,27,28,29). The molecule has 2 heterocycles. The fraction of sp³-hybridized carbons (Fsp3) is 0.0909. The molecule has 0 radical (unpaired) electrons. The van der Waals surface area contributed by atoms with E-state index in [9.17, 15) is 4.79 Å². The second kappa shape index (κ2) is 8.86. The van der Waals surface area contributed by atoms with Crippen LogP contribution in [0.1, 0.15) is 10.4 Å². The van der Waals surface area contributed by atoms with Crippen LogP contribution in [0.15, 0.2) is 48.9 Å². The lowest BCUT2D eigenvalue weighted by molar-refractivity contribution is 0.100. The normalized spacial score (nSPS) is 10.8. The summed E-state index contributed by atoms with van der Waals surface area (Å²) in [5.41, 5.74) is 7.28. The first-order chi connectivity index (χ1) is 15.5. The number of aromatic nitrogens is 3. The van der Waals surface area contributed by atoms with Gasteiger partial charge in [0.15, 0.2) is 0 Å². The fourth-order valence-corrected chi connectivity index (χ4v) is 4.03. The molecule has 0 saturated heterocycles. The first-order valence-electron chi connectivity index (χ1n) is 9.32. The maximum atomic E-state index is 11.8. The van der Waals surface area contributed by atoms with Gasteiger partial charge >= 0.3 is 0 Å². The van der Waals surface area contributed by atoms with Gasteiger partial charge in [0.05, 0.1) is 35.3 Å². The van der Waals surface area contributed by atoms with Crippen molar-refractivity contribution in [3.8, 4) is 22.6 Å². The zero-order valence-electron chi connectivity index (χ0n) is 17.0. The van der Waals surface area contributed by atoms with Gasteiger partial charge < -0.3 is 20.5 Å². The minimum absolute atomic E-state index is 0.290. The predicted octanol–water partition coefficient (Wildman–Crippen LogP) is 4.86. The number of para-hydroxylation sites is 1. The SMILES string of the molecule is COc1cc(OC)c(Cl)c(-c2cccnc2Nc2ncnc3c(C(N)=O)cccc23)c1Cl. The molecule has 3 N–H and O–H groups in total. The highest BCUT2D eigenvalue weighted by atomic mass is 35.5. The molecule has 0 unspecified atom stereocenters. The molecule has 1 amide bonds. The smallest absolute Gasteiger partial charge is 0.250 e. The number of benzene rings is 2. The number of halogens is 2. The largest absolute Gasteiger partial charge is 0.495 e. The molecule has 4 aromatic rings. The number of anilines is 2. The van der Waals surface area contributed by atoms with E-state index in [4.69, 9.17) is 38.4 Å². The van der Waals surface area contributed by atoms with Gasteiger partial charge in [-0.25, -0.2) is 15.0 Å². The fourth-order valence-electron chi connectivity index (χ4n) is 3.33. The van der Waals surface area contributed by atoms with Crippen LogP contribution in [-0.2, 0) is 0 Å². The number of carbonyl (C=O) groups is 1. The molecule has 0 spiro atoms. The second-order valence-corrected chi connectivity index (χ2v) is 7.35. The second-order valence-electron chi connectivity index (χ2n) is 6.60. The number of ether oxygens (including phenoxy) is 2. The number of amides is 1. The van der Waals surface area contributed by atoms with E-state index in [0.717, 1.165) is 0 Å². The van der Waals surface area contributed by atoms with Crippen LogP contribution in [0.4, 0.5) is 11.6 Å². The lowest BCUT2D eigenvalue weighted by Gasteiger charge is -2.17. The summed E-state index contributed by atoms with van der Waals surface area (Å²) in [5, 5.41) is 4.40. The lowest BCUT2D eigenvalue weighted by atomic mass is 10.0. The number of nitrogens with one attached hydrogen (secondary N) is 1. The highest BCUT2D eigenvalue weighted by molar-refractivity contribution is 6.41. The molecule has 0 aliphatic carbocycles. The molecule has 2 aromatic carbocycles. The van der Waals surface area contributed by atoms with Crippen molar-refractivity contribution < 1.29 is 14.3 Å². The monoisotopic (exact) mass is 469 g/mol. The van der Waals surface area contributed by atoms with Crippen molar-refractivity contribution in [3.05, 3.63) is 64.5 Å². The van der Waals surface area contributed by atoms with Crippen LogP contribution >= 0.6 is 23.2 Å². The molecule has 0 bridgehead atoms. The van der Waals surface area contributed by atoms with E-state index in [1.54, 1.807) is 42.6 Å². The number of hydrogen-bond acceptors (Lipinski definition) is 7. The molecule has 4 rings (SSSR count). The maximum Gasteiger partial charge on any atom is 0.250 e. The number of hydrogen-bond donors (Lipinski definition) is 2. The Morgan fingerprint density at radius 2 is 1.69 bits per heavy atom. The summed E-state index contributed by atoms with van der Waals surface area (Å²) in [7, 11) is 3.01. The number of pyridine rings is 1. The van der Waals surface area contributed by atoms with E-state index in [2.05, 4.69) is 20.3 Å². The van der Waals surface area contributed by atoms with Crippen LogP contribution in [0.2, 0.25) is 10.0 Å². The Kier molecular flexibility index (Phi) is 5.98. The van der Waals surface area contributed by atoms with Gasteiger partial charge in [0.25, 0.3) is 5.91 Å². The molecule has 10 heteroatoms. The molecular weight excluding hydrogens is 453 g/mol. The highest BCUT2D eigenvalue weighted by Crippen LogP contribution is 2.47. The Morgan fingerprint density at radius 3 is 2.34 bits per heavy atom. The van der Waals surface area contributed by atoms with Crippen LogP contribution in [-0.4, -0.2) is 35.1 Å². The van der Waals surface area contributed by atoms with Gasteiger partial charge in [0.2, 0.25) is 0 Å². The molecule has 0 atom stereocenters. The van der Waals surface area contributed by atoms with Crippen LogP contribution in [0.5, 0.6) is 11.5 Å². The summed E-state index contributed by atoms with van der Waals surface area (Å²) < 4.78 is 10.8. The lowest BCUT2D eigenvalue weighted by Crippen LogP contribution is -2.12. The zero-order valence-corrected chi connectivity index (χ0v) is 18.5. The van der Waals surface area contributed by atoms with Crippen LogP contribution in [0.3, 0.4) is 0 Å². The van der Waals surface area contributed by atoms with Gasteiger partial charge in [0, 0.05) is 28.8 Å². The van der Waals surface area contributed by atoms with Crippen LogP contribution < -0.4 is 20.5 Å². The summed E-state index contributed by atoms with van der Waals surface area (Å²) in [5.74, 6) is 1.07. The number of nitrogens with zero attached hydrogens (tertiary/aromatic N) is 3. The van der Waals surface area contributed by atoms with Crippen molar-refractivity contribution >= 4 is 51.6 Å². The minimum Gasteiger partial charge on any atom is -0.495 e. The molecular formula is C22H17Cl2N5O3. The van der Waals surface area contributed by atoms with Gasteiger partial charge in [-0.1, -0.05) is 29.3 Å². The first kappa shape index (κ1) is 21.6. The van der Waals surface area contributed by atoms with Gasteiger partial charge in [-0.05, 0) is 24.3 Å². The predicted molar refractivity (Wildman–Crippen MR) is 124 cm³/mol. The molecule has 0 fully saturated rings. The Hall–Kier alpha value is -3.62. The molecule has 0 aliphatic heterocycles. The van der Waals surface area contributed by atoms with E-state index < -0.39 is 5.91 Å². The number of rotatable bonds is 6. The van der Waals surface area contributed by atoms with Crippen molar-refractivity contribution in [2.45, 2.75) is 0 Å². The van der Waals surface area contributed by atoms with Crippen LogP contribution in [0, 0.1) is 0 Å². The third-order valence-electron chi connectivity index (χ3n) is 4.82. The van der Waals surface area contributed by atoms with Crippen molar-refractivity contribution in [3.63, 3.8) is 0 Å². The highest BCUT2D eigenvalue weighted by Gasteiger charge is 2.22. The average molecular weight is 470 g/mol. The van der Waals surface area contributed by atoms with Gasteiger partial charge in [-0.15, -0.1) is 0 Å². The first-order valence-corrected chi connectivity index (χ1v) is 10.1. The third-order valence-corrected chi connectivity index (χ3v) is 5.57. The average Bonchev–Trinajstić information content (AvgIpc) is 2.80. The number of nitrogens with two attached hydrogens (primary N) is 1. The van der Waals surface area contributed by atoms with E-state index >= 15 is 0 Å². The maximum absolute atomic E-state index is 11.8. The molecule has 162 valence electrons. The van der Waals surface area contributed by atoms with Crippen molar-refractivity contribution in [2.24, 2.45) is 5.73 Å². The molecule has 0 saturated carbocycles. The van der Waals surface area contributed by atoms with E-state index in [1.165, 1.54) is 20.5 Å². The number of methoxy groups -OCH3 is 2. The van der Waals surface area contributed by atoms with Crippen molar-refractivity contribution in [1.29, 1.82) is 0 Å². The Morgan fingerprint density at radius 1 is 0.969 bits per heavy atom. The zero-order chi connectivity index (χ0) is 22.8. The van der Waals surface area contributed by atoms with Crippen molar-refractivity contribution in [2.75, 3.05) is 19.5 Å². The minimum atomic E-state index is -0.583. The van der Waals surface area contributed by atoms with Crippen molar-refractivity contribution in [1.82, 2.24) is 15.0 Å². The van der Waals surface area contributed by atoms with E-state index in [-0.39, 0.29) is 5.56 Å². The molecule has 0 aliphatic rings. The van der Waals surface area contributed by atoms with E-state index in [0.29, 0.717) is 55.2 Å².